The predicted molar refractivity (Wildman–Crippen MR) is 98.2 cm³/mol. The van der Waals surface area contributed by atoms with Gasteiger partial charge in [0.25, 0.3) is 0 Å². The van der Waals surface area contributed by atoms with Gasteiger partial charge in [-0.3, -0.25) is 4.79 Å². The Kier molecular flexibility index (Phi) is 6.97. The smallest absolute Gasteiger partial charge is 0.338 e. The molecule has 2 aromatic rings. The fourth-order valence-electron chi connectivity index (χ4n) is 1.88. The lowest BCUT2D eigenvalue weighted by Gasteiger charge is -2.08. The number of halogens is 2. The Labute approximate surface area is 154 Å². The number of carbonyl (C=O) groups is 2. The number of nitrogens with one attached hydrogen (secondary N) is 1. The van der Waals surface area contributed by atoms with Crippen LogP contribution in [0.2, 0.25) is 10.0 Å². The zero-order valence-corrected chi connectivity index (χ0v) is 15.2. The van der Waals surface area contributed by atoms with Crippen LogP contribution >= 0.6 is 35.0 Å². The lowest BCUT2D eigenvalue weighted by Crippen LogP contribution is -2.10. The molecule has 0 aliphatic heterocycles. The highest BCUT2D eigenvalue weighted by Crippen LogP contribution is 2.29. The van der Waals surface area contributed by atoms with Crippen LogP contribution in [0.3, 0.4) is 0 Å². The number of carbonyl (C=O) groups excluding carboxylic acids is 2. The van der Waals surface area contributed by atoms with E-state index < -0.39 is 5.97 Å². The molecule has 0 fully saturated rings. The van der Waals surface area contributed by atoms with Gasteiger partial charge in [0.2, 0.25) is 5.91 Å². The first kappa shape index (κ1) is 18.6. The third kappa shape index (κ3) is 5.74. The molecule has 2 rings (SSSR count). The van der Waals surface area contributed by atoms with E-state index in [-0.39, 0.29) is 12.5 Å². The first-order valence-corrected chi connectivity index (χ1v) is 8.82. The van der Waals surface area contributed by atoms with E-state index in [4.69, 9.17) is 27.9 Å². The van der Waals surface area contributed by atoms with Gasteiger partial charge in [-0.1, -0.05) is 29.3 Å². The second-order valence-corrected chi connectivity index (χ2v) is 6.80. The molecule has 0 saturated carbocycles. The molecule has 0 aliphatic carbocycles. The van der Waals surface area contributed by atoms with Crippen LogP contribution < -0.4 is 5.32 Å². The Balaban J connectivity index is 1.85. The summed E-state index contributed by atoms with van der Waals surface area (Å²) in [4.78, 5) is 23.9. The van der Waals surface area contributed by atoms with Crippen molar-refractivity contribution < 1.29 is 14.3 Å². The summed E-state index contributed by atoms with van der Waals surface area (Å²) in [5.41, 5.74) is 0.934. The molecule has 0 spiro atoms. The van der Waals surface area contributed by atoms with Crippen LogP contribution in [-0.4, -0.2) is 24.2 Å². The van der Waals surface area contributed by atoms with E-state index in [1.54, 1.807) is 42.5 Å². The van der Waals surface area contributed by atoms with Crippen molar-refractivity contribution in [2.45, 2.75) is 11.8 Å². The summed E-state index contributed by atoms with van der Waals surface area (Å²) in [6.07, 6.45) is 0. The zero-order valence-electron chi connectivity index (χ0n) is 12.8. The van der Waals surface area contributed by atoms with Crippen LogP contribution in [0.1, 0.15) is 17.3 Å². The SMILES string of the molecule is CC(=O)Nc1cccc(C(=O)OCCSc2cc(Cl)ccc2Cl)c1. The number of hydrogen-bond donors (Lipinski definition) is 1. The van der Waals surface area contributed by atoms with Crippen molar-refractivity contribution in [1.29, 1.82) is 0 Å². The largest absolute Gasteiger partial charge is 0.461 e. The van der Waals surface area contributed by atoms with E-state index in [2.05, 4.69) is 5.32 Å². The number of thioether (sulfide) groups is 1. The Hall–Kier alpha value is -1.69. The van der Waals surface area contributed by atoms with E-state index in [9.17, 15) is 9.59 Å². The van der Waals surface area contributed by atoms with Crippen molar-refractivity contribution in [2.75, 3.05) is 17.7 Å². The van der Waals surface area contributed by atoms with Gasteiger partial charge < -0.3 is 10.1 Å². The molecule has 0 saturated heterocycles. The average Bonchev–Trinajstić information content (AvgIpc) is 2.54. The van der Waals surface area contributed by atoms with Crippen molar-refractivity contribution >= 4 is 52.5 Å². The van der Waals surface area contributed by atoms with Gasteiger partial charge in [-0.05, 0) is 36.4 Å². The molecule has 0 aliphatic rings. The Morgan fingerprint density at radius 3 is 2.71 bits per heavy atom. The molecule has 0 aromatic heterocycles. The van der Waals surface area contributed by atoms with Gasteiger partial charge in [-0.15, -0.1) is 11.8 Å². The second-order valence-electron chi connectivity index (χ2n) is 4.82. The van der Waals surface area contributed by atoms with Crippen molar-refractivity contribution in [3.63, 3.8) is 0 Å². The van der Waals surface area contributed by atoms with Crippen molar-refractivity contribution in [2.24, 2.45) is 0 Å². The molecular weight excluding hydrogens is 369 g/mol. The number of benzene rings is 2. The fourth-order valence-corrected chi connectivity index (χ4v) is 3.21. The molecule has 24 heavy (non-hydrogen) atoms. The summed E-state index contributed by atoms with van der Waals surface area (Å²) in [7, 11) is 0. The highest BCUT2D eigenvalue weighted by molar-refractivity contribution is 7.99. The third-order valence-corrected chi connectivity index (χ3v) is 4.58. The van der Waals surface area contributed by atoms with Gasteiger partial charge in [-0.25, -0.2) is 4.79 Å². The van der Waals surface area contributed by atoms with Gasteiger partial charge >= 0.3 is 5.97 Å². The number of anilines is 1. The van der Waals surface area contributed by atoms with Crippen molar-refractivity contribution in [3.8, 4) is 0 Å². The summed E-state index contributed by atoms with van der Waals surface area (Å²) in [5.74, 6) is -0.0905. The minimum absolute atomic E-state index is 0.199. The van der Waals surface area contributed by atoms with Gasteiger partial charge in [-0.2, -0.15) is 0 Å². The maximum Gasteiger partial charge on any atom is 0.338 e. The minimum Gasteiger partial charge on any atom is -0.461 e. The number of ether oxygens (including phenoxy) is 1. The molecular formula is C17H15Cl2NO3S. The van der Waals surface area contributed by atoms with Crippen molar-refractivity contribution in [3.05, 3.63) is 58.1 Å². The summed E-state index contributed by atoms with van der Waals surface area (Å²) < 4.78 is 5.23. The normalized spacial score (nSPS) is 10.3. The Bertz CT molecular complexity index is 752. The van der Waals surface area contributed by atoms with E-state index >= 15 is 0 Å². The summed E-state index contributed by atoms with van der Waals surface area (Å²) in [5, 5.41) is 3.84. The number of rotatable bonds is 6. The maximum absolute atomic E-state index is 12.0. The van der Waals surface area contributed by atoms with E-state index in [1.165, 1.54) is 18.7 Å². The van der Waals surface area contributed by atoms with E-state index in [0.29, 0.717) is 27.0 Å². The molecule has 1 N–H and O–H groups in total. The average molecular weight is 384 g/mol. The van der Waals surface area contributed by atoms with Gasteiger partial charge in [0, 0.05) is 28.3 Å². The highest BCUT2D eigenvalue weighted by Gasteiger charge is 2.09. The zero-order chi connectivity index (χ0) is 17.5. The minimum atomic E-state index is -0.444. The van der Waals surface area contributed by atoms with Crippen LogP contribution in [0.25, 0.3) is 0 Å². The van der Waals surface area contributed by atoms with Crippen LogP contribution in [0.5, 0.6) is 0 Å². The molecule has 0 heterocycles. The lowest BCUT2D eigenvalue weighted by molar-refractivity contribution is -0.114. The third-order valence-electron chi connectivity index (χ3n) is 2.89. The van der Waals surface area contributed by atoms with Crippen LogP contribution in [0.15, 0.2) is 47.4 Å². The number of hydrogen-bond acceptors (Lipinski definition) is 4. The second kappa shape index (κ2) is 8.97. The van der Waals surface area contributed by atoms with Crippen LogP contribution in [0, 0.1) is 0 Å². The van der Waals surface area contributed by atoms with E-state index in [1.807, 2.05) is 0 Å². The quantitative estimate of drug-likeness (QED) is 0.437. The summed E-state index contributed by atoms with van der Waals surface area (Å²) in [6.45, 7) is 1.64. The standard InChI is InChI=1S/C17H15Cl2NO3S/c1-11(21)20-14-4-2-3-12(9-14)17(22)23-7-8-24-16-10-13(18)5-6-15(16)19/h2-6,9-10H,7-8H2,1H3,(H,20,21). The maximum atomic E-state index is 12.0. The Morgan fingerprint density at radius 2 is 1.96 bits per heavy atom. The highest BCUT2D eigenvalue weighted by atomic mass is 35.5. The molecule has 0 bridgehead atoms. The lowest BCUT2D eigenvalue weighted by atomic mass is 10.2. The molecule has 0 atom stereocenters. The molecule has 7 heteroatoms. The Morgan fingerprint density at radius 1 is 1.17 bits per heavy atom. The monoisotopic (exact) mass is 383 g/mol. The first-order valence-electron chi connectivity index (χ1n) is 7.08. The van der Waals surface area contributed by atoms with Gasteiger partial charge in [0.05, 0.1) is 10.6 Å². The van der Waals surface area contributed by atoms with Gasteiger partial charge in [0.1, 0.15) is 6.61 Å². The summed E-state index contributed by atoms with van der Waals surface area (Å²) in [6, 6.07) is 11.8. The molecule has 4 nitrogen and oxygen atoms in total. The molecule has 126 valence electrons. The predicted octanol–water partition coefficient (Wildman–Crippen LogP) is 4.90. The number of esters is 1. The molecule has 2 aromatic carbocycles. The summed E-state index contributed by atoms with van der Waals surface area (Å²) >= 11 is 13.5. The first-order chi connectivity index (χ1) is 11.5. The molecule has 0 radical (unpaired) electrons. The fraction of sp³-hybridized carbons (Fsp3) is 0.176. The van der Waals surface area contributed by atoms with Crippen LogP contribution in [-0.2, 0) is 9.53 Å². The molecule has 0 unspecified atom stereocenters. The van der Waals surface area contributed by atoms with Crippen molar-refractivity contribution in [1.82, 2.24) is 0 Å². The number of amides is 1. The molecule has 1 amide bonds. The van der Waals surface area contributed by atoms with E-state index in [0.717, 1.165) is 4.90 Å². The topological polar surface area (TPSA) is 55.4 Å². The van der Waals surface area contributed by atoms with Gasteiger partial charge in [0.15, 0.2) is 0 Å². The van der Waals surface area contributed by atoms with Crippen LogP contribution in [0.4, 0.5) is 5.69 Å².